The van der Waals surface area contributed by atoms with Crippen molar-refractivity contribution in [2.24, 2.45) is 10.9 Å². The number of rotatable bonds is 4. The van der Waals surface area contributed by atoms with Gasteiger partial charge in [-0.3, -0.25) is 4.79 Å². The van der Waals surface area contributed by atoms with Crippen LogP contribution in [0.4, 0.5) is 0 Å². The molecule has 1 aromatic carbocycles. The number of oxime groups is 1. The van der Waals surface area contributed by atoms with Crippen molar-refractivity contribution >= 4 is 11.7 Å². The molecule has 98 valence electrons. The molecule has 0 atom stereocenters. The average molecular weight is 251 g/mol. The first-order chi connectivity index (χ1) is 8.45. The van der Waals surface area contributed by atoms with Crippen molar-refractivity contribution in [3.05, 3.63) is 29.3 Å². The first kappa shape index (κ1) is 13.8. The van der Waals surface area contributed by atoms with Gasteiger partial charge in [0.2, 0.25) is 0 Å². The Hall–Kier alpha value is -2.24. The molecule has 0 spiro atoms. The standard InChI is InChI=1S/C12H17N3O3/c1-8-3-4-9(10(16)7-8)12(17)15(2)6-5-11(13)14-18/h3-4,7,16,18H,5-6H2,1-2H3,(H2,13,14). The highest BCUT2D eigenvalue weighted by molar-refractivity contribution is 5.97. The van der Waals surface area contributed by atoms with Crippen molar-refractivity contribution in [2.75, 3.05) is 13.6 Å². The minimum atomic E-state index is -0.307. The Labute approximate surface area is 105 Å². The van der Waals surface area contributed by atoms with Crippen LogP contribution >= 0.6 is 0 Å². The van der Waals surface area contributed by atoms with Gasteiger partial charge in [0, 0.05) is 20.0 Å². The molecule has 18 heavy (non-hydrogen) atoms. The van der Waals surface area contributed by atoms with E-state index in [1.165, 1.54) is 11.0 Å². The summed E-state index contributed by atoms with van der Waals surface area (Å²) in [6.45, 7) is 2.14. The van der Waals surface area contributed by atoms with Gasteiger partial charge in [-0.1, -0.05) is 11.2 Å². The highest BCUT2D eigenvalue weighted by atomic mass is 16.4. The SMILES string of the molecule is Cc1ccc(C(=O)N(C)CC/C(N)=N/O)c(O)c1. The van der Waals surface area contributed by atoms with Gasteiger partial charge >= 0.3 is 0 Å². The number of hydrogen-bond donors (Lipinski definition) is 3. The third-order valence-electron chi connectivity index (χ3n) is 2.56. The van der Waals surface area contributed by atoms with Crippen LogP contribution in [0, 0.1) is 6.92 Å². The number of nitrogens with two attached hydrogens (primary N) is 1. The number of amidine groups is 1. The molecule has 4 N–H and O–H groups in total. The third kappa shape index (κ3) is 3.38. The summed E-state index contributed by atoms with van der Waals surface area (Å²) in [5, 5.41) is 20.9. The van der Waals surface area contributed by atoms with Crippen LogP contribution < -0.4 is 5.73 Å². The first-order valence-corrected chi connectivity index (χ1v) is 5.47. The fourth-order valence-electron chi connectivity index (χ4n) is 1.46. The van der Waals surface area contributed by atoms with E-state index in [1.807, 2.05) is 6.92 Å². The molecule has 6 heteroatoms. The van der Waals surface area contributed by atoms with E-state index in [9.17, 15) is 9.90 Å². The molecular weight excluding hydrogens is 234 g/mol. The molecule has 0 saturated heterocycles. The molecule has 0 saturated carbocycles. The van der Waals surface area contributed by atoms with E-state index in [-0.39, 0.29) is 29.5 Å². The van der Waals surface area contributed by atoms with E-state index in [0.29, 0.717) is 6.54 Å². The lowest BCUT2D eigenvalue weighted by Gasteiger charge is -2.17. The molecule has 0 heterocycles. The summed E-state index contributed by atoms with van der Waals surface area (Å²) in [4.78, 5) is 13.4. The highest BCUT2D eigenvalue weighted by Gasteiger charge is 2.15. The smallest absolute Gasteiger partial charge is 0.257 e. The van der Waals surface area contributed by atoms with Crippen molar-refractivity contribution in [2.45, 2.75) is 13.3 Å². The van der Waals surface area contributed by atoms with Gasteiger partial charge in [0.15, 0.2) is 0 Å². The molecule has 1 aromatic rings. The maximum atomic E-state index is 12.0. The molecule has 1 amide bonds. The maximum absolute atomic E-state index is 12.0. The molecular formula is C12H17N3O3. The summed E-state index contributed by atoms with van der Waals surface area (Å²) >= 11 is 0. The second-order valence-electron chi connectivity index (χ2n) is 4.09. The molecule has 0 aliphatic rings. The summed E-state index contributed by atoms with van der Waals surface area (Å²) in [5.74, 6) is -0.295. The minimum Gasteiger partial charge on any atom is -0.507 e. The highest BCUT2D eigenvalue weighted by Crippen LogP contribution is 2.19. The number of amides is 1. The van der Waals surface area contributed by atoms with E-state index in [4.69, 9.17) is 10.9 Å². The van der Waals surface area contributed by atoms with Crippen LogP contribution in [0.1, 0.15) is 22.3 Å². The predicted molar refractivity (Wildman–Crippen MR) is 67.8 cm³/mol. The normalized spacial score (nSPS) is 11.3. The Balaban J connectivity index is 2.74. The zero-order valence-corrected chi connectivity index (χ0v) is 10.4. The zero-order chi connectivity index (χ0) is 13.7. The largest absolute Gasteiger partial charge is 0.507 e. The van der Waals surface area contributed by atoms with Crippen molar-refractivity contribution in [3.8, 4) is 5.75 Å². The van der Waals surface area contributed by atoms with Gasteiger partial charge in [-0.25, -0.2) is 0 Å². The summed E-state index contributed by atoms with van der Waals surface area (Å²) in [6.07, 6.45) is 0.269. The molecule has 0 bridgehead atoms. The fourth-order valence-corrected chi connectivity index (χ4v) is 1.46. The van der Waals surface area contributed by atoms with Gasteiger partial charge in [0.05, 0.1) is 5.56 Å². The van der Waals surface area contributed by atoms with E-state index in [1.54, 1.807) is 19.2 Å². The summed E-state index contributed by atoms with van der Waals surface area (Å²) in [6, 6.07) is 4.86. The molecule has 0 radical (unpaired) electrons. The minimum absolute atomic E-state index is 0.0457. The van der Waals surface area contributed by atoms with E-state index in [0.717, 1.165) is 5.56 Å². The summed E-state index contributed by atoms with van der Waals surface area (Å²) < 4.78 is 0. The van der Waals surface area contributed by atoms with Gasteiger partial charge < -0.3 is 20.9 Å². The van der Waals surface area contributed by atoms with E-state index >= 15 is 0 Å². The Morgan fingerprint density at radius 1 is 1.50 bits per heavy atom. The number of nitrogens with zero attached hydrogens (tertiary/aromatic N) is 2. The van der Waals surface area contributed by atoms with E-state index < -0.39 is 0 Å². The predicted octanol–water partition coefficient (Wildman–Crippen LogP) is 0.909. The van der Waals surface area contributed by atoms with Gasteiger partial charge in [-0.15, -0.1) is 0 Å². The lowest BCUT2D eigenvalue weighted by molar-refractivity contribution is 0.0795. The van der Waals surface area contributed by atoms with Crippen LogP contribution in [-0.2, 0) is 0 Å². The maximum Gasteiger partial charge on any atom is 0.257 e. The average Bonchev–Trinajstić information content (AvgIpc) is 2.34. The number of benzene rings is 1. The number of hydrogen-bond acceptors (Lipinski definition) is 4. The summed E-state index contributed by atoms with van der Waals surface area (Å²) in [5.41, 5.74) is 6.44. The Kier molecular flexibility index (Phi) is 4.53. The van der Waals surface area contributed by atoms with Gasteiger partial charge in [0.1, 0.15) is 11.6 Å². The monoisotopic (exact) mass is 251 g/mol. The van der Waals surface area contributed by atoms with Gasteiger partial charge in [-0.2, -0.15) is 0 Å². The zero-order valence-electron chi connectivity index (χ0n) is 10.4. The Bertz CT molecular complexity index is 472. The van der Waals surface area contributed by atoms with Crippen molar-refractivity contribution in [3.63, 3.8) is 0 Å². The molecule has 0 aliphatic heterocycles. The van der Waals surface area contributed by atoms with Crippen LogP contribution in [0.3, 0.4) is 0 Å². The van der Waals surface area contributed by atoms with Crippen LogP contribution in [-0.4, -0.2) is 40.5 Å². The van der Waals surface area contributed by atoms with Crippen LogP contribution in [0.25, 0.3) is 0 Å². The van der Waals surface area contributed by atoms with Gasteiger partial charge in [-0.05, 0) is 24.6 Å². The number of aryl methyl sites for hydroxylation is 1. The molecule has 1 rings (SSSR count). The van der Waals surface area contributed by atoms with Crippen molar-refractivity contribution in [1.29, 1.82) is 0 Å². The van der Waals surface area contributed by atoms with Crippen molar-refractivity contribution < 1.29 is 15.1 Å². The number of carbonyl (C=O) groups is 1. The second kappa shape index (κ2) is 5.90. The van der Waals surface area contributed by atoms with Crippen LogP contribution in [0.15, 0.2) is 23.4 Å². The van der Waals surface area contributed by atoms with E-state index in [2.05, 4.69) is 5.16 Å². The molecule has 0 aliphatic carbocycles. The number of aromatic hydroxyl groups is 1. The number of phenolic OH excluding ortho intramolecular Hbond substituents is 1. The van der Waals surface area contributed by atoms with Crippen LogP contribution in [0.5, 0.6) is 5.75 Å². The quantitative estimate of drug-likeness (QED) is 0.320. The topological polar surface area (TPSA) is 99.2 Å². The number of carbonyl (C=O) groups excluding carboxylic acids is 1. The third-order valence-corrected chi connectivity index (χ3v) is 2.56. The van der Waals surface area contributed by atoms with Gasteiger partial charge in [0.25, 0.3) is 5.91 Å². The molecule has 0 fully saturated rings. The Morgan fingerprint density at radius 3 is 2.72 bits per heavy atom. The fraction of sp³-hybridized carbons (Fsp3) is 0.333. The lowest BCUT2D eigenvalue weighted by atomic mass is 10.1. The number of phenols is 1. The molecule has 0 unspecified atom stereocenters. The summed E-state index contributed by atoms with van der Waals surface area (Å²) in [7, 11) is 1.59. The van der Waals surface area contributed by atoms with Crippen LogP contribution in [0.2, 0.25) is 0 Å². The first-order valence-electron chi connectivity index (χ1n) is 5.47. The molecule has 0 aromatic heterocycles. The van der Waals surface area contributed by atoms with Crippen molar-refractivity contribution in [1.82, 2.24) is 4.90 Å². The second-order valence-corrected chi connectivity index (χ2v) is 4.09. The molecule has 6 nitrogen and oxygen atoms in total. The lowest BCUT2D eigenvalue weighted by Crippen LogP contribution is -2.30. The Morgan fingerprint density at radius 2 is 2.17 bits per heavy atom.